The molecule has 0 aliphatic carbocycles. The lowest BCUT2D eigenvalue weighted by atomic mass is 9.99. The maximum absolute atomic E-state index is 11.1. The molecular formula is C15H23NO2. The van der Waals surface area contributed by atoms with Crippen LogP contribution in [0.4, 0.5) is 0 Å². The van der Waals surface area contributed by atoms with Crippen molar-refractivity contribution >= 4 is 5.97 Å². The summed E-state index contributed by atoms with van der Waals surface area (Å²) in [6, 6.07) is 9.71. The highest BCUT2D eigenvalue weighted by Gasteiger charge is 2.19. The van der Waals surface area contributed by atoms with Crippen molar-refractivity contribution in [2.24, 2.45) is 5.92 Å². The van der Waals surface area contributed by atoms with Gasteiger partial charge in [-0.15, -0.1) is 0 Å². The third-order valence-electron chi connectivity index (χ3n) is 3.04. The molecule has 1 unspecified atom stereocenters. The molecule has 0 bridgehead atoms. The molecule has 0 fully saturated rings. The largest absolute Gasteiger partial charge is 0.480 e. The van der Waals surface area contributed by atoms with E-state index in [1.807, 2.05) is 32.0 Å². The standard InChI is InChI=1S/C15H23NO2/c1-11(2)9-14(15(17)18)16-10-12(3)13-7-5-4-6-8-13/h4-8,11-12,14,16H,9-10H2,1-3H3,(H,17,18)/t12?,14-/m1/s1. The fraction of sp³-hybridized carbons (Fsp3) is 0.533. The molecule has 3 nitrogen and oxygen atoms in total. The highest BCUT2D eigenvalue weighted by molar-refractivity contribution is 5.73. The number of carboxylic acid groups (broad SMARTS) is 1. The molecule has 2 atom stereocenters. The zero-order valence-corrected chi connectivity index (χ0v) is 11.4. The zero-order chi connectivity index (χ0) is 13.5. The van der Waals surface area contributed by atoms with Crippen molar-refractivity contribution in [2.45, 2.75) is 39.2 Å². The van der Waals surface area contributed by atoms with Gasteiger partial charge in [-0.2, -0.15) is 0 Å². The molecule has 0 aromatic heterocycles. The average molecular weight is 249 g/mol. The third-order valence-corrected chi connectivity index (χ3v) is 3.04. The van der Waals surface area contributed by atoms with Crippen LogP contribution in [0.3, 0.4) is 0 Å². The Kier molecular flexibility index (Phi) is 5.86. The van der Waals surface area contributed by atoms with Gasteiger partial charge in [-0.3, -0.25) is 4.79 Å². The predicted molar refractivity (Wildman–Crippen MR) is 73.7 cm³/mol. The Hall–Kier alpha value is -1.35. The quantitative estimate of drug-likeness (QED) is 0.781. The van der Waals surface area contributed by atoms with Gasteiger partial charge in [0.2, 0.25) is 0 Å². The van der Waals surface area contributed by atoms with Crippen LogP contribution in [0.15, 0.2) is 30.3 Å². The van der Waals surface area contributed by atoms with Crippen molar-refractivity contribution in [2.75, 3.05) is 6.54 Å². The fourth-order valence-electron chi connectivity index (χ4n) is 1.96. The number of carbonyl (C=O) groups is 1. The van der Waals surface area contributed by atoms with E-state index < -0.39 is 12.0 Å². The lowest BCUT2D eigenvalue weighted by Gasteiger charge is -2.19. The summed E-state index contributed by atoms with van der Waals surface area (Å²) in [6.45, 7) is 6.88. The first-order valence-corrected chi connectivity index (χ1v) is 6.51. The second-order valence-electron chi connectivity index (χ2n) is 5.24. The van der Waals surface area contributed by atoms with Gasteiger partial charge in [0.15, 0.2) is 0 Å². The molecule has 0 spiro atoms. The molecule has 0 amide bonds. The lowest BCUT2D eigenvalue weighted by Crippen LogP contribution is -2.39. The SMILES string of the molecule is CC(C)C[C@@H](NCC(C)c1ccccc1)C(=O)O. The third kappa shape index (κ3) is 4.88. The average Bonchev–Trinajstić information content (AvgIpc) is 2.34. The summed E-state index contributed by atoms with van der Waals surface area (Å²) in [6.07, 6.45) is 0.664. The minimum Gasteiger partial charge on any atom is -0.480 e. The van der Waals surface area contributed by atoms with Crippen LogP contribution in [0, 0.1) is 5.92 Å². The van der Waals surface area contributed by atoms with Crippen molar-refractivity contribution < 1.29 is 9.90 Å². The van der Waals surface area contributed by atoms with Crippen molar-refractivity contribution in [1.29, 1.82) is 0 Å². The lowest BCUT2D eigenvalue weighted by molar-refractivity contribution is -0.139. The number of hydrogen-bond acceptors (Lipinski definition) is 2. The minimum absolute atomic E-state index is 0.320. The van der Waals surface area contributed by atoms with E-state index in [1.165, 1.54) is 5.56 Å². The van der Waals surface area contributed by atoms with Gasteiger partial charge in [-0.25, -0.2) is 0 Å². The molecule has 0 radical (unpaired) electrons. The first-order valence-electron chi connectivity index (χ1n) is 6.51. The van der Waals surface area contributed by atoms with Gasteiger partial charge in [0.05, 0.1) is 0 Å². The van der Waals surface area contributed by atoms with Gasteiger partial charge in [0.1, 0.15) is 6.04 Å². The van der Waals surface area contributed by atoms with Crippen LogP contribution in [-0.2, 0) is 4.79 Å². The maximum Gasteiger partial charge on any atom is 0.320 e. The molecule has 1 rings (SSSR count). The Bertz CT molecular complexity index is 362. The number of carboxylic acids is 1. The molecule has 1 aromatic rings. The molecule has 18 heavy (non-hydrogen) atoms. The summed E-state index contributed by atoms with van der Waals surface area (Å²) < 4.78 is 0. The van der Waals surface area contributed by atoms with Crippen molar-refractivity contribution in [3.05, 3.63) is 35.9 Å². The summed E-state index contributed by atoms with van der Waals surface area (Å²) in [7, 11) is 0. The number of nitrogens with one attached hydrogen (secondary N) is 1. The molecular weight excluding hydrogens is 226 g/mol. The molecule has 0 aliphatic heterocycles. The first kappa shape index (κ1) is 14.7. The van der Waals surface area contributed by atoms with Crippen LogP contribution in [0.5, 0.6) is 0 Å². The Morgan fingerprint density at radius 3 is 2.33 bits per heavy atom. The van der Waals surface area contributed by atoms with Gasteiger partial charge >= 0.3 is 5.97 Å². The molecule has 2 N–H and O–H groups in total. The summed E-state index contributed by atoms with van der Waals surface area (Å²) >= 11 is 0. The minimum atomic E-state index is -0.760. The highest BCUT2D eigenvalue weighted by atomic mass is 16.4. The van der Waals surface area contributed by atoms with Crippen LogP contribution in [-0.4, -0.2) is 23.7 Å². The first-order chi connectivity index (χ1) is 8.50. The summed E-state index contributed by atoms with van der Waals surface area (Å²) in [5.41, 5.74) is 1.23. The molecule has 100 valence electrons. The highest BCUT2D eigenvalue weighted by Crippen LogP contribution is 2.14. The second kappa shape index (κ2) is 7.17. The predicted octanol–water partition coefficient (Wildman–Crippen LogP) is 2.88. The Morgan fingerprint density at radius 1 is 1.22 bits per heavy atom. The molecule has 0 saturated carbocycles. The smallest absolute Gasteiger partial charge is 0.320 e. The van der Waals surface area contributed by atoms with Gasteiger partial charge in [-0.05, 0) is 23.8 Å². The topological polar surface area (TPSA) is 49.3 Å². The van der Waals surface area contributed by atoms with Crippen LogP contribution in [0.25, 0.3) is 0 Å². The molecule has 1 aromatic carbocycles. The maximum atomic E-state index is 11.1. The van der Waals surface area contributed by atoms with Gasteiger partial charge in [0.25, 0.3) is 0 Å². The van der Waals surface area contributed by atoms with Gasteiger partial charge in [-0.1, -0.05) is 51.1 Å². The number of benzene rings is 1. The van der Waals surface area contributed by atoms with Crippen LogP contribution in [0.1, 0.15) is 38.7 Å². The fourth-order valence-corrected chi connectivity index (χ4v) is 1.96. The van der Waals surface area contributed by atoms with Crippen molar-refractivity contribution in [3.63, 3.8) is 0 Å². The summed E-state index contributed by atoms with van der Waals surface area (Å²) in [5, 5.41) is 12.3. The van der Waals surface area contributed by atoms with Gasteiger partial charge in [0, 0.05) is 6.54 Å². The van der Waals surface area contributed by atoms with Gasteiger partial charge < -0.3 is 10.4 Å². The van der Waals surface area contributed by atoms with E-state index >= 15 is 0 Å². The van der Waals surface area contributed by atoms with E-state index in [9.17, 15) is 4.79 Å². The zero-order valence-electron chi connectivity index (χ0n) is 11.4. The van der Waals surface area contributed by atoms with Crippen molar-refractivity contribution in [3.8, 4) is 0 Å². The van der Waals surface area contributed by atoms with E-state index in [4.69, 9.17) is 5.11 Å². The Balaban J connectivity index is 2.49. The van der Waals surface area contributed by atoms with E-state index in [-0.39, 0.29) is 0 Å². The summed E-state index contributed by atoms with van der Waals surface area (Å²) in [4.78, 5) is 11.1. The van der Waals surface area contributed by atoms with Crippen LogP contribution >= 0.6 is 0 Å². The van der Waals surface area contributed by atoms with Crippen molar-refractivity contribution in [1.82, 2.24) is 5.32 Å². The second-order valence-corrected chi connectivity index (χ2v) is 5.24. The van der Waals surface area contributed by atoms with E-state index in [2.05, 4.69) is 24.4 Å². The molecule has 0 saturated heterocycles. The molecule has 0 aliphatic rings. The normalized spacial score (nSPS) is 14.4. The number of hydrogen-bond donors (Lipinski definition) is 2. The monoisotopic (exact) mass is 249 g/mol. The molecule has 3 heteroatoms. The van der Waals surface area contributed by atoms with E-state index in [0.717, 1.165) is 0 Å². The summed E-state index contributed by atoms with van der Waals surface area (Å²) in [5.74, 6) is -0.0604. The van der Waals surface area contributed by atoms with Crippen LogP contribution < -0.4 is 5.32 Å². The van der Waals surface area contributed by atoms with E-state index in [0.29, 0.717) is 24.8 Å². The molecule has 0 heterocycles. The Labute approximate surface area is 109 Å². The number of rotatable bonds is 7. The van der Waals surface area contributed by atoms with Crippen LogP contribution in [0.2, 0.25) is 0 Å². The van der Waals surface area contributed by atoms with E-state index in [1.54, 1.807) is 0 Å². The number of aliphatic carboxylic acids is 1. The Morgan fingerprint density at radius 2 is 1.83 bits per heavy atom.